The molecular weight excluding hydrogens is 591 g/mol. The van der Waals surface area contributed by atoms with E-state index in [1.165, 1.54) is 37.6 Å². The third kappa shape index (κ3) is 5.91. The van der Waals surface area contributed by atoms with E-state index in [1.807, 2.05) is 11.8 Å². The molecule has 0 amide bonds. The minimum atomic E-state index is -4.99. The first kappa shape index (κ1) is 30.4. The van der Waals surface area contributed by atoms with Gasteiger partial charge in [0, 0.05) is 37.9 Å². The first-order valence-electron chi connectivity index (χ1n) is 13.2. The number of piperazine rings is 1. The number of benzene rings is 2. The number of anilines is 1. The molecule has 2 fully saturated rings. The van der Waals surface area contributed by atoms with Crippen LogP contribution in [-0.2, 0) is 4.57 Å². The van der Waals surface area contributed by atoms with Crippen LogP contribution in [0, 0.1) is 5.82 Å². The average molecular weight is 624 g/mol. The SMILES string of the molecule is C=P(O)(O)C(c1ccc(OC(=O)c2cn(C3CC3)c3c(OC)c(N4CCNC(C)C4)c(F)cc3c2=O)cc1)P(=O)(O)O. The second-order valence-electron chi connectivity index (χ2n) is 10.7. The zero-order valence-electron chi connectivity index (χ0n) is 22.9. The Kier molecular flexibility index (Phi) is 8.15. The van der Waals surface area contributed by atoms with Crippen LogP contribution in [0.15, 0.2) is 41.3 Å². The molecule has 1 saturated heterocycles. The predicted octanol–water partition coefficient (Wildman–Crippen LogP) is 2.94. The molecule has 0 bridgehead atoms. The Hall–Kier alpha value is -3.02. The second-order valence-corrected chi connectivity index (χ2v) is 14.8. The fourth-order valence-corrected chi connectivity index (χ4v) is 8.53. The number of methoxy groups -OCH3 is 1. The van der Waals surface area contributed by atoms with Crippen LogP contribution in [0.25, 0.3) is 10.9 Å². The first-order chi connectivity index (χ1) is 19.7. The Bertz CT molecular complexity index is 1670. The highest BCUT2D eigenvalue weighted by molar-refractivity contribution is 7.75. The monoisotopic (exact) mass is 623 g/mol. The molecule has 42 heavy (non-hydrogen) atoms. The minimum Gasteiger partial charge on any atom is -0.492 e. The third-order valence-electron chi connectivity index (χ3n) is 7.35. The summed E-state index contributed by atoms with van der Waals surface area (Å²) in [6, 6.07) is 5.97. The van der Waals surface area contributed by atoms with E-state index in [4.69, 9.17) is 9.47 Å². The Morgan fingerprint density at radius 2 is 1.86 bits per heavy atom. The maximum atomic E-state index is 15.7. The first-order valence-corrected chi connectivity index (χ1v) is 16.8. The molecule has 0 spiro atoms. The largest absolute Gasteiger partial charge is 0.492 e. The van der Waals surface area contributed by atoms with Gasteiger partial charge in [0.05, 0.1) is 18.0 Å². The van der Waals surface area contributed by atoms with Crippen LogP contribution < -0.4 is 25.1 Å². The number of carbonyl (C=O) groups excluding carboxylic acids is 1. The normalized spacial score (nSPS) is 18.6. The molecule has 2 atom stereocenters. The number of nitrogens with one attached hydrogen (secondary N) is 1. The molecule has 12 nitrogen and oxygen atoms in total. The van der Waals surface area contributed by atoms with Gasteiger partial charge in [0.25, 0.3) is 0 Å². The van der Waals surface area contributed by atoms with E-state index in [2.05, 4.69) is 11.6 Å². The molecule has 2 aliphatic rings. The number of ether oxygens (including phenoxy) is 2. The maximum Gasteiger partial charge on any atom is 0.349 e. The fourth-order valence-electron chi connectivity index (χ4n) is 5.40. The number of rotatable bonds is 8. The molecule has 2 heterocycles. The van der Waals surface area contributed by atoms with Crippen molar-refractivity contribution in [2.75, 3.05) is 31.6 Å². The number of pyridine rings is 1. The summed E-state index contributed by atoms with van der Waals surface area (Å²) in [4.78, 5) is 67.6. The number of nitrogens with zero attached hydrogens (tertiary/aromatic N) is 2. The molecule has 15 heteroatoms. The lowest BCUT2D eigenvalue weighted by Gasteiger charge is -2.35. The summed E-state index contributed by atoms with van der Waals surface area (Å²) in [7, 11) is -7.81. The van der Waals surface area contributed by atoms with Gasteiger partial charge in [-0.15, -0.1) is 0 Å². The lowest BCUT2D eigenvalue weighted by atomic mass is 10.1. The second kappa shape index (κ2) is 11.2. The van der Waals surface area contributed by atoms with E-state index in [-0.39, 0.29) is 45.8 Å². The van der Waals surface area contributed by atoms with Gasteiger partial charge in [-0.25, -0.2) is 9.18 Å². The molecule has 1 aliphatic carbocycles. The molecule has 2 unspecified atom stereocenters. The summed E-state index contributed by atoms with van der Waals surface area (Å²) in [6.45, 7) is 3.73. The van der Waals surface area contributed by atoms with Crippen LogP contribution in [0.2, 0.25) is 0 Å². The van der Waals surface area contributed by atoms with Crippen molar-refractivity contribution in [3.8, 4) is 11.5 Å². The van der Waals surface area contributed by atoms with Gasteiger partial charge in [0.2, 0.25) is 5.43 Å². The van der Waals surface area contributed by atoms with Crippen molar-refractivity contribution in [1.82, 2.24) is 9.88 Å². The number of halogens is 1. The van der Waals surface area contributed by atoms with E-state index in [0.29, 0.717) is 25.2 Å². The quantitative estimate of drug-likeness (QED) is 0.142. The smallest absolute Gasteiger partial charge is 0.349 e. The van der Waals surface area contributed by atoms with Gasteiger partial charge in [-0.05, 0) is 43.5 Å². The van der Waals surface area contributed by atoms with Gasteiger partial charge in [-0.2, -0.15) is 0 Å². The van der Waals surface area contributed by atoms with Crippen molar-refractivity contribution in [3.05, 3.63) is 63.7 Å². The minimum absolute atomic E-state index is 0.0269. The van der Waals surface area contributed by atoms with Gasteiger partial charge >= 0.3 is 13.6 Å². The van der Waals surface area contributed by atoms with Crippen molar-refractivity contribution in [2.24, 2.45) is 0 Å². The highest BCUT2D eigenvalue weighted by Gasteiger charge is 2.39. The zero-order chi connectivity index (χ0) is 30.6. The Morgan fingerprint density at radius 1 is 1.19 bits per heavy atom. The number of esters is 1. The van der Waals surface area contributed by atoms with Gasteiger partial charge in [-0.1, -0.05) is 18.4 Å². The molecule has 226 valence electrons. The van der Waals surface area contributed by atoms with Crippen molar-refractivity contribution < 1.29 is 42.8 Å². The summed E-state index contributed by atoms with van der Waals surface area (Å²) >= 11 is 0. The van der Waals surface area contributed by atoms with Gasteiger partial charge in [-0.3, -0.25) is 9.36 Å². The molecule has 5 N–H and O–H groups in total. The fraction of sp³-hybridized carbons (Fsp3) is 0.370. The molecule has 1 aromatic heterocycles. The van der Waals surface area contributed by atoms with Crippen LogP contribution in [-0.4, -0.2) is 69.2 Å². The van der Waals surface area contributed by atoms with E-state index in [0.717, 1.165) is 18.9 Å². The predicted molar refractivity (Wildman–Crippen MR) is 157 cm³/mol. The van der Waals surface area contributed by atoms with E-state index in [1.54, 1.807) is 4.57 Å². The number of carbonyl (C=O) groups is 1. The van der Waals surface area contributed by atoms with Crippen LogP contribution in [0.5, 0.6) is 11.5 Å². The summed E-state index contributed by atoms with van der Waals surface area (Å²) in [5, 5.41) is 1.34. The topological polar surface area (TPSA) is 171 Å². The zero-order valence-corrected chi connectivity index (χ0v) is 24.7. The van der Waals surface area contributed by atoms with Crippen LogP contribution in [0.4, 0.5) is 10.1 Å². The van der Waals surface area contributed by atoms with E-state index in [9.17, 15) is 33.7 Å². The number of hydrogen-bond acceptors (Lipinski definition) is 9. The molecule has 1 aliphatic heterocycles. The van der Waals surface area contributed by atoms with Gasteiger partial charge in [0.15, 0.2) is 17.0 Å². The van der Waals surface area contributed by atoms with E-state index >= 15 is 4.39 Å². The molecule has 3 aromatic rings. The van der Waals surface area contributed by atoms with Gasteiger partial charge < -0.3 is 43.8 Å². The van der Waals surface area contributed by atoms with Crippen molar-refractivity contribution in [3.63, 3.8) is 0 Å². The van der Waals surface area contributed by atoms with E-state index < -0.39 is 37.6 Å². The molecule has 0 radical (unpaired) electrons. The molecular formula is C27H32FN3O9P2. The third-order valence-corrected chi connectivity index (χ3v) is 11.4. The van der Waals surface area contributed by atoms with Crippen LogP contribution in [0.3, 0.4) is 0 Å². The summed E-state index contributed by atoms with van der Waals surface area (Å²) < 4.78 is 40.4. The molecule has 1 saturated carbocycles. The lowest BCUT2D eigenvalue weighted by Crippen LogP contribution is -2.49. The summed E-state index contributed by atoms with van der Waals surface area (Å²) in [6.07, 6.45) is 6.09. The van der Waals surface area contributed by atoms with Crippen molar-refractivity contribution >= 4 is 43.8 Å². The van der Waals surface area contributed by atoms with Crippen molar-refractivity contribution in [1.29, 1.82) is 0 Å². The molecule has 5 rings (SSSR count). The van der Waals surface area contributed by atoms with Gasteiger partial charge in [0.1, 0.15) is 24.3 Å². The van der Waals surface area contributed by atoms with Crippen molar-refractivity contribution in [2.45, 2.75) is 37.2 Å². The number of fused-ring (bicyclic) bond motifs is 1. The Morgan fingerprint density at radius 3 is 2.40 bits per heavy atom. The highest BCUT2D eigenvalue weighted by atomic mass is 31.2. The summed E-state index contributed by atoms with van der Waals surface area (Å²) in [5.74, 6) is -1.51. The van der Waals surface area contributed by atoms with Crippen LogP contribution in [0.1, 0.15) is 47.1 Å². The highest BCUT2D eigenvalue weighted by Crippen LogP contribution is 2.69. The Labute approximate surface area is 240 Å². The molecule has 2 aromatic carbocycles. The number of aromatic nitrogens is 1. The maximum absolute atomic E-state index is 15.7. The number of hydrogen-bond donors (Lipinski definition) is 5. The lowest BCUT2D eigenvalue weighted by molar-refractivity contribution is 0.0732. The average Bonchev–Trinajstić information content (AvgIpc) is 3.73. The standard InChI is InChI=1S/C27H32FN3O9P2/c1-15-13-30(11-10-29-15)23-21(28)12-19-22(25(23)39-2)31(17-6-7-17)14-20(24(19)32)26(33)40-18-8-4-16(5-9-18)27(41(3,34)35)42(36,37)38/h4-5,8-9,12,14-15,17,27,29,34-35H,3,6-7,10-11,13H2,1-2H3,(H2,36,37,38). The van der Waals surface area contributed by atoms with Crippen LogP contribution >= 0.6 is 14.9 Å². The summed E-state index contributed by atoms with van der Waals surface area (Å²) in [5.41, 5.74) is -0.532. The Balaban J connectivity index is 1.54.